The molecule has 0 spiro atoms. The number of aliphatic hydroxyl groups is 1. The van der Waals surface area contributed by atoms with Crippen molar-refractivity contribution < 1.29 is 19.0 Å². The van der Waals surface area contributed by atoms with Crippen molar-refractivity contribution in [3.05, 3.63) is 29.3 Å². The predicted molar refractivity (Wildman–Crippen MR) is 134 cm³/mol. The van der Waals surface area contributed by atoms with E-state index >= 15 is 0 Å². The normalized spacial score (nSPS) is 37.9. The number of rotatable bonds is 3. The van der Waals surface area contributed by atoms with E-state index in [9.17, 15) is 5.11 Å². The lowest BCUT2D eigenvalue weighted by Crippen LogP contribution is -2.53. The Morgan fingerprint density at radius 1 is 1.06 bits per heavy atom. The average molecular weight is 473 g/mol. The Hall–Kier alpha value is -0.883. The van der Waals surface area contributed by atoms with Crippen LogP contribution >= 0.6 is 0 Å². The monoisotopic (exact) mass is 472 g/mol. The van der Waals surface area contributed by atoms with Crippen molar-refractivity contribution in [2.24, 2.45) is 23.2 Å². The van der Waals surface area contributed by atoms with Gasteiger partial charge in [0.15, 0.2) is 5.79 Å². The molecule has 1 aliphatic heterocycles. The highest BCUT2D eigenvalue weighted by molar-refractivity contribution is 6.74. The van der Waals surface area contributed by atoms with Crippen molar-refractivity contribution in [1.82, 2.24) is 0 Å². The third-order valence-electron chi connectivity index (χ3n) is 10.3. The van der Waals surface area contributed by atoms with E-state index in [2.05, 4.69) is 65.9 Å². The van der Waals surface area contributed by atoms with Crippen LogP contribution in [-0.4, -0.2) is 38.5 Å². The van der Waals surface area contributed by atoms with Crippen LogP contribution in [0.2, 0.25) is 18.1 Å². The van der Waals surface area contributed by atoms with E-state index in [-0.39, 0.29) is 22.5 Å². The number of hydrogen-bond acceptors (Lipinski definition) is 4. The fraction of sp³-hybridized carbons (Fsp3) is 0.786. The van der Waals surface area contributed by atoms with Gasteiger partial charge in [0.2, 0.25) is 8.32 Å². The van der Waals surface area contributed by atoms with Gasteiger partial charge in [-0.1, -0.05) is 33.8 Å². The number of aryl methyl sites for hydroxylation is 1. The van der Waals surface area contributed by atoms with Crippen molar-refractivity contribution in [3.8, 4) is 5.75 Å². The topological polar surface area (TPSA) is 47.9 Å². The van der Waals surface area contributed by atoms with Gasteiger partial charge in [0.05, 0.1) is 19.3 Å². The summed E-state index contributed by atoms with van der Waals surface area (Å²) < 4.78 is 18.9. The molecular weight excluding hydrogens is 428 g/mol. The van der Waals surface area contributed by atoms with Crippen LogP contribution in [0, 0.1) is 23.2 Å². The number of ether oxygens (including phenoxy) is 2. The molecule has 0 radical (unpaired) electrons. The summed E-state index contributed by atoms with van der Waals surface area (Å²) in [5, 5.41) is 11.7. The SMILES string of the molecule is CC1(C2CCC3C4CCc5cc(O[Si](C)(C)C(C)(C)C)ccc5C4[C@H](O)C[C@@]32C)OCCO1. The molecule has 0 amide bonds. The van der Waals surface area contributed by atoms with E-state index in [1.54, 1.807) is 0 Å². The second-order valence-electron chi connectivity index (χ2n) is 13.2. The first kappa shape index (κ1) is 23.8. The molecule has 4 nitrogen and oxygen atoms in total. The summed E-state index contributed by atoms with van der Waals surface area (Å²) in [6.45, 7) is 17.4. The number of benzene rings is 1. The summed E-state index contributed by atoms with van der Waals surface area (Å²) in [5.74, 6) is 2.28. The van der Waals surface area contributed by atoms with Gasteiger partial charge in [0.25, 0.3) is 0 Å². The Labute approximate surface area is 201 Å². The van der Waals surface area contributed by atoms with Crippen LogP contribution in [0.5, 0.6) is 5.75 Å². The van der Waals surface area contributed by atoms with Crippen LogP contribution in [0.25, 0.3) is 0 Å². The first-order valence-electron chi connectivity index (χ1n) is 13.1. The van der Waals surface area contributed by atoms with Gasteiger partial charge >= 0.3 is 0 Å². The lowest BCUT2D eigenvalue weighted by atomic mass is 9.52. The highest BCUT2D eigenvalue weighted by atomic mass is 28.4. The summed E-state index contributed by atoms with van der Waals surface area (Å²) in [4.78, 5) is 0. The van der Waals surface area contributed by atoms with Gasteiger partial charge in [-0.15, -0.1) is 0 Å². The van der Waals surface area contributed by atoms with Gasteiger partial charge in [-0.2, -0.15) is 0 Å². The van der Waals surface area contributed by atoms with E-state index in [4.69, 9.17) is 13.9 Å². The molecule has 1 heterocycles. The summed E-state index contributed by atoms with van der Waals surface area (Å²) in [7, 11) is -1.87. The molecule has 3 fully saturated rings. The molecule has 0 bridgehead atoms. The lowest BCUT2D eigenvalue weighted by Gasteiger charge is -2.54. The summed E-state index contributed by atoms with van der Waals surface area (Å²) in [6.07, 6.45) is 5.13. The average Bonchev–Trinajstić information content (AvgIpc) is 3.30. The molecule has 2 saturated carbocycles. The molecular formula is C28H44O4Si. The molecule has 0 aromatic heterocycles. The minimum absolute atomic E-state index is 0.0720. The molecule has 6 atom stereocenters. The third kappa shape index (κ3) is 3.73. The number of aliphatic hydroxyl groups excluding tert-OH is 1. The summed E-state index contributed by atoms with van der Waals surface area (Å²) in [6, 6.07) is 6.73. The predicted octanol–water partition coefficient (Wildman–Crippen LogP) is 6.28. The summed E-state index contributed by atoms with van der Waals surface area (Å²) in [5.41, 5.74) is 2.83. The van der Waals surface area contributed by atoms with Crippen molar-refractivity contribution >= 4 is 8.32 Å². The van der Waals surface area contributed by atoms with Gasteiger partial charge in [-0.05, 0) is 97.7 Å². The van der Waals surface area contributed by atoms with Gasteiger partial charge in [0.1, 0.15) is 5.75 Å². The highest BCUT2D eigenvalue weighted by Crippen LogP contribution is 2.65. The molecule has 1 aromatic rings. The third-order valence-corrected chi connectivity index (χ3v) is 14.7. The summed E-state index contributed by atoms with van der Waals surface area (Å²) >= 11 is 0. The molecule has 5 heteroatoms. The molecule has 3 aliphatic carbocycles. The van der Waals surface area contributed by atoms with Crippen molar-refractivity contribution in [2.45, 2.75) is 103 Å². The fourth-order valence-electron chi connectivity index (χ4n) is 7.74. The van der Waals surface area contributed by atoms with Crippen molar-refractivity contribution in [3.63, 3.8) is 0 Å². The maximum Gasteiger partial charge on any atom is 0.250 e. The second kappa shape index (κ2) is 7.81. The Morgan fingerprint density at radius 2 is 1.76 bits per heavy atom. The maximum absolute atomic E-state index is 11.6. The zero-order chi connectivity index (χ0) is 23.8. The van der Waals surface area contributed by atoms with E-state index in [1.807, 2.05) is 0 Å². The Morgan fingerprint density at radius 3 is 2.42 bits per heavy atom. The van der Waals surface area contributed by atoms with Gasteiger partial charge in [0, 0.05) is 11.8 Å². The Balaban J connectivity index is 1.41. The largest absolute Gasteiger partial charge is 0.543 e. The second-order valence-corrected chi connectivity index (χ2v) is 17.9. The molecule has 184 valence electrons. The van der Waals surface area contributed by atoms with Crippen LogP contribution in [0.15, 0.2) is 18.2 Å². The van der Waals surface area contributed by atoms with Crippen LogP contribution in [0.3, 0.4) is 0 Å². The van der Waals surface area contributed by atoms with Crippen molar-refractivity contribution in [2.75, 3.05) is 13.2 Å². The lowest BCUT2D eigenvalue weighted by molar-refractivity contribution is -0.216. The first-order valence-corrected chi connectivity index (χ1v) is 16.0. The van der Waals surface area contributed by atoms with E-state index in [1.165, 1.54) is 17.5 Å². The molecule has 4 aliphatic rings. The molecule has 1 N–H and O–H groups in total. The van der Waals surface area contributed by atoms with Gasteiger partial charge in [-0.3, -0.25) is 0 Å². The molecule has 33 heavy (non-hydrogen) atoms. The van der Waals surface area contributed by atoms with Gasteiger partial charge < -0.3 is 19.0 Å². The molecule has 1 saturated heterocycles. The fourth-order valence-corrected chi connectivity index (χ4v) is 8.76. The van der Waals surface area contributed by atoms with E-state index in [0.717, 1.165) is 31.4 Å². The molecule has 4 unspecified atom stereocenters. The van der Waals surface area contributed by atoms with Crippen LogP contribution in [0.4, 0.5) is 0 Å². The minimum atomic E-state index is -1.87. The van der Waals surface area contributed by atoms with Crippen LogP contribution in [0.1, 0.15) is 77.3 Å². The molecule has 1 aromatic carbocycles. The zero-order valence-corrected chi connectivity index (χ0v) is 22.7. The smallest absolute Gasteiger partial charge is 0.250 e. The van der Waals surface area contributed by atoms with Crippen LogP contribution in [-0.2, 0) is 15.9 Å². The maximum atomic E-state index is 11.6. The first-order chi connectivity index (χ1) is 15.4. The van der Waals surface area contributed by atoms with E-state index < -0.39 is 14.1 Å². The Kier molecular flexibility index (Phi) is 5.64. The minimum Gasteiger partial charge on any atom is -0.543 e. The Bertz CT molecular complexity index is 900. The number of hydrogen-bond donors (Lipinski definition) is 1. The van der Waals surface area contributed by atoms with Crippen LogP contribution < -0.4 is 4.43 Å². The van der Waals surface area contributed by atoms with Crippen molar-refractivity contribution in [1.29, 1.82) is 0 Å². The highest BCUT2D eigenvalue weighted by Gasteiger charge is 2.62. The number of fused-ring (bicyclic) bond motifs is 5. The molecule has 5 rings (SSSR count). The van der Waals surface area contributed by atoms with Gasteiger partial charge in [-0.25, -0.2) is 0 Å². The zero-order valence-electron chi connectivity index (χ0n) is 21.7. The standard InChI is InChI=1S/C28H44O4Si/c1-26(2,3)33(6,7)32-19-9-11-20-18(16-19)8-10-21-22-12-13-24(28(5)30-14-15-31-28)27(22,4)17-23(29)25(20)21/h9,11,16,21-25,29H,8,10,12-15,17H2,1-7H3/t21?,22?,23-,24?,25?,27+/m1/s1. The quantitative estimate of drug-likeness (QED) is 0.526. The van der Waals surface area contributed by atoms with E-state index in [0.29, 0.717) is 31.0 Å².